The largest absolute Gasteiger partial charge is 0.465 e. The van der Waals surface area contributed by atoms with E-state index in [1.807, 2.05) is 19.2 Å². The zero-order valence-electron chi connectivity index (χ0n) is 12.2. The van der Waals surface area contributed by atoms with Crippen LogP contribution in [0.1, 0.15) is 21.6 Å². The first kappa shape index (κ1) is 13.8. The highest BCUT2D eigenvalue weighted by Crippen LogP contribution is 2.25. The fourth-order valence-electron chi connectivity index (χ4n) is 2.65. The third-order valence-corrected chi connectivity index (χ3v) is 3.77. The summed E-state index contributed by atoms with van der Waals surface area (Å²) < 4.78 is 6.63. The average Bonchev–Trinajstić information content (AvgIpc) is 2.79. The van der Waals surface area contributed by atoms with Gasteiger partial charge in [-0.2, -0.15) is 5.10 Å². The molecule has 0 spiro atoms. The molecule has 6 nitrogen and oxygen atoms in total. The number of carbonyl (C=O) groups is 1. The Labute approximate surface area is 123 Å². The number of esters is 1. The van der Waals surface area contributed by atoms with Crippen LogP contribution in [0.25, 0.3) is 11.4 Å². The molecule has 110 valence electrons. The molecular weight excluding hydrogens is 268 g/mol. The first-order valence-electron chi connectivity index (χ1n) is 7.01. The Morgan fingerprint density at radius 3 is 2.90 bits per heavy atom. The van der Waals surface area contributed by atoms with Gasteiger partial charge in [-0.3, -0.25) is 4.68 Å². The second-order valence-corrected chi connectivity index (χ2v) is 5.07. The molecule has 21 heavy (non-hydrogen) atoms. The van der Waals surface area contributed by atoms with Gasteiger partial charge in [0, 0.05) is 31.9 Å². The van der Waals surface area contributed by atoms with E-state index in [4.69, 9.17) is 9.72 Å². The van der Waals surface area contributed by atoms with Gasteiger partial charge in [-0.1, -0.05) is 0 Å². The van der Waals surface area contributed by atoms with Gasteiger partial charge in [0.15, 0.2) is 0 Å². The molecule has 0 fully saturated rings. The third kappa shape index (κ3) is 2.54. The van der Waals surface area contributed by atoms with Crippen molar-refractivity contribution in [3.8, 4) is 11.4 Å². The lowest BCUT2D eigenvalue weighted by Gasteiger charge is -2.12. The van der Waals surface area contributed by atoms with Crippen LogP contribution in [0, 0.1) is 0 Å². The SMILES string of the molecule is COC(=O)c1cc2c(nc1-c1ccnn1C)CCNCC2. The van der Waals surface area contributed by atoms with Crippen molar-refractivity contribution in [3.05, 3.63) is 35.2 Å². The average molecular weight is 286 g/mol. The summed E-state index contributed by atoms with van der Waals surface area (Å²) in [5.41, 5.74) is 4.12. The molecule has 1 aliphatic heterocycles. The molecule has 0 aromatic carbocycles. The molecule has 0 radical (unpaired) electrons. The van der Waals surface area contributed by atoms with E-state index < -0.39 is 0 Å². The molecule has 3 heterocycles. The summed E-state index contributed by atoms with van der Waals surface area (Å²) >= 11 is 0. The Bertz CT molecular complexity index is 678. The van der Waals surface area contributed by atoms with E-state index in [0.717, 1.165) is 42.9 Å². The first-order chi connectivity index (χ1) is 10.2. The minimum absolute atomic E-state index is 0.362. The van der Waals surface area contributed by atoms with Gasteiger partial charge in [-0.25, -0.2) is 9.78 Å². The van der Waals surface area contributed by atoms with Crippen LogP contribution in [0.5, 0.6) is 0 Å². The molecule has 3 rings (SSSR count). The highest BCUT2D eigenvalue weighted by atomic mass is 16.5. The van der Waals surface area contributed by atoms with Gasteiger partial charge in [0.05, 0.1) is 18.4 Å². The van der Waals surface area contributed by atoms with E-state index in [2.05, 4.69) is 10.4 Å². The molecule has 0 saturated heterocycles. The highest BCUT2D eigenvalue weighted by Gasteiger charge is 2.21. The zero-order chi connectivity index (χ0) is 14.8. The Hall–Kier alpha value is -2.21. The van der Waals surface area contributed by atoms with E-state index in [1.165, 1.54) is 7.11 Å². The molecule has 0 atom stereocenters. The molecule has 0 aliphatic carbocycles. The fraction of sp³-hybridized carbons (Fsp3) is 0.400. The summed E-state index contributed by atoms with van der Waals surface area (Å²) in [5.74, 6) is -0.362. The lowest BCUT2D eigenvalue weighted by Crippen LogP contribution is -2.16. The van der Waals surface area contributed by atoms with Gasteiger partial charge in [-0.05, 0) is 30.7 Å². The van der Waals surface area contributed by atoms with Crippen molar-refractivity contribution in [1.82, 2.24) is 20.1 Å². The number of methoxy groups -OCH3 is 1. The van der Waals surface area contributed by atoms with Gasteiger partial charge in [0.2, 0.25) is 0 Å². The van der Waals surface area contributed by atoms with Crippen molar-refractivity contribution < 1.29 is 9.53 Å². The highest BCUT2D eigenvalue weighted by molar-refractivity contribution is 5.96. The van der Waals surface area contributed by atoms with Gasteiger partial charge in [-0.15, -0.1) is 0 Å². The number of carbonyl (C=O) groups excluding carboxylic acids is 1. The maximum atomic E-state index is 12.1. The van der Waals surface area contributed by atoms with Crippen LogP contribution >= 0.6 is 0 Å². The molecule has 2 aromatic rings. The summed E-state index contributed by atoms with van der Waals surface area (Å²) in [6.45, 7) is 1.81. The van der Waals surface area contributed by atoms with Crippen molar-refractivity contribution in [3.63, 3.8) is 0 Å². The van der Waals surface area contributed by atoms with Gasteiger partial charge >= 0.3 is 5.97 Å². The molecule has 1 aliphatic rings. The predicted octanol–water partition coefficient (Wildman–Crippen LogP) is 0.957. The predicted molar refractivity (Wildman–Crippen MR) is 78.1 cm³/mol. The molecule has 2 aromatic heterocycles. The summed E-state index contributed by atoms with van der Waals surface area (Å²) in [6, 6.07) is 3.78. The number of nitrogens with zero attached hydrogens (tertiary/aromatic N) is 3. The van der Waals surface area contributed by atoms with Crippen LogP contribution in [0.3, 0.4) is 0 Å². The normalized spacial score (nSPS) is 14.4. The Morgan fingerprint density at radius 2 is 2.19 bits per heavy atom. The van der Waals surface area contributed by atoms with Crippen molar-refractivity contribution >= 4 is 5.97 Å². The quantitative estimate of drug-likeness (QED) is 0.833. The summed E-state index contributed by atoms with van der Waals surface area (Å²) in [5, 5.41) is 7.51. The van der Waals surface area contributed by atoms with Crippen molar-refractivity contribution in [2.24, 2.45) is 7.05 Å². The number of nitrogens with one attached hydrogen (secondary N) is 1. The number of rotatable bonds is 2. The summed E-state index contributed by atoms with van der Waals surface area (Å²) in [6.07, 6.45) is 3.44. The van der Waals surface area contributed by atoms with Crippen molar-refractivity contribution in [2.45, 2.75) is 12.8 Å². The monoisotopic (exact) mass is 286 g/mol. The molecular formula is C15H18N4O2. The summed E-state index contributed by atoms with van der Waals surface area (Å²) in [7, 11) is 3.23. The fourth-order valence-corrected chi connectivity index (χ4v) is 2.65. The third-order valence-electron chi connectivity index (χ3n) is 3.77. The first-order valence-corrected chi connectivity index (χ1v) is 7.01. The topological polar surface area (TPSA) is 69.0 Å². The number of pyridine rings is 1. The molecule has 0 bridgehead atoms. The smallest absolute Gasteiger partial charge is 0.340 e. The number of aryl methyl sites for hydroxylation is 1. The van der Waals surface area contributed by atoms with Gasteiger partial charge in [0.1, 0.15) is 5.69 Å². The van der Waals surface area contributed by atoms with Gasteiger partial charge in [0.25, 0.3) is 0 Å². The van der Waals surface area contributed by atoms with E-state index in [0.29, 0.717) is 11.3 Å². The van der Waals surface area contributed by atoms with Crippen LogP contribution in [0.2, 0.25) is 0 Å². The number of aromatic nitrogens is 3. The van der Waals surface area contributed by atoms with Crippen LogP contribution < -0.4 is 5.32 Å². The molecule has 1 N–H and O–H groups in total. The molecule has 6 heteroatoms. The molecule has 0 unspecified atom stereocenters. The van der Waals surface area contributed by atoms with Crippen molar-refractivity contribution in [1.29, 1.82) is 0 Å². The van der Waals surface area contributed by atoms with Crippen LogP contribution in [-0.2, 0) is 24.6 Å². The molecule has 0 saturated carbocycles. The number of hydrogen-bond acceptors (Lipinski definition) is 5. The minimum atomic E-state index is -0.362. The van der Waals surface area contributed by atoms with Crippen LogP contribution in [0.4, 0.5) is 0 Å². The second kappa shape index (κ2) is 5.65. The van der Waals surface area contributed by atoms with Crippen LogP contribution in [0.15, 0.2) is 18.3 Å². The number of hydrogen-bond donors (Lipinski definition) is 1. The summed E-state index contributed by atoms with van der Waals surface area (Å²) in [4.78, 5) is 16.8. The Kier molecular flexibility index (Phi) is 3.70. The maximum absolute atomic E-state index is 12.1. The lowest BCUT2D eigenvalue weighted by atomic mass is 10.0. The van der Waals surface area contributed by atoms with E-state index >= 15 is 0 Å². The van der Waals surface area contributed by atoms with E-state index in [9.17, 15) is 4.79 Å². The van der Waals surface area contributed by atoms with Crippen molar-refractivity contribution in [2.75, 3.05) is 20.2 Å². The lowest BCUT2D eigenvalue weighted by molar-refractivity contribution is 0.0601. The zero-order valence-corrected chi connectivity index (χ0v) is 12.2. The maximum Gasteiger partial charge on any atom is 0.340 e. The standard InChI is InChI=1S/C15H18N4O2/c1-19-13(5-8-17-19)14-11(15(20)21-2)9-10-3-6-16-7-4-12(10)18-14/h5,8-9,16H,3-4,6-7H2,1-2H3. The van der Waals surface area contributed by atoms with E-state index in [-0.39, 0.29) is 5.97 Å². The Morgan fingerprint density at radius 1 is 1.38 bits per heavy atom. The number of ether oxygens (including phenoxy) is 1. The minimum Gasteiger partial charge on any atom is -0.465 e. The second-order valence-electron chi connectivity index (χ2n) is 5.07. The number of fused-ring (bicyclic) bond motifs is 1. The van der Waals surface area contributed by atoms with Crippen LogP contribution in [-0.4, -0.2) is 40.9 Å². The van der Waals surface area contributed by atoms with Gasteiger partial charge < -0.3 is 10.1 Å². The Balaban J connectivity index is 2.19. The van der Waals surface area contributed by atoms with E-state index in [1.54, 1.807) is 10.9 Å². The molecule has 0 amide bonds.